The van der Waals surface area contributed by atoms with Gasteiger partial charge in [0.1, 0.15) is 11.1 Å². The van der Waals surface area contributed by atoms with Crippen LogP contribution in [0.3, 0.4) is 0 Å². The van der Waals surface area contributed by atoms with E-state index in [-0.39, 0.29) is 0 Å². The average Bonchev–Trinajstić information content (AvgIpc) is 2.50. The Bertz CT molecular complexity index is 416. The second kappa shape index (κ2) is 10.0. The minimum Gasteiger partial charge on any atom is -0.588 e. The van der Waals surface area contributed by atoms with Crippen molar-refractivity contribution in [3.8, 4) is 0 Å². The molecular weight excluding hydrogens is 330 g/mol. The number of piperidine rings is 1. The first-order chi connectivity index (χ1) is 12.1. The highest BCUT2D eigenvalue weighted by molar-refractivity contribution is 5.68. The Kier molecular flexibility index (Phi) is 9.04. The van der Waals surface area contributed by atoms with Gasteiger partial charge in [0.2, 0.25) is 0 Å². The summed E-state index contributed by atoms with van der Waals surface area (Å²) in [4.78, 5) is 16.7. The summed E-state index contributed by atoms with van der Waals surface area (Å²) in [5, 5.41) is 23.5. The molecule has 0 spiro atoms. The molecule has 1 N–H and O–H groups in total. The molecule has 5 nitrogen and oxygen atoms in total. The van der Waals surface area contributed by atoms with Crippen molar-refractivity contribution in [1.29, 1.82) is 0 Å². The smallest absolute Gasteiger partial charge is 0.367 e. The largest absolute Gasteiger partial charge is 0.588 e. The Morgan fingerprint density at radius 3 is 1.85 bits per heavy atom. The molecule has 0 aromatic rings. The molecule has 1 rings (SSSR count). The zero-order chi connectivity index (χ0) is 19.8. The number of carbonyl (C=O) groups excluding carboxylic acids is 1. The Labute approximate surface area is 160 Å². The van der Waals surface area contributed by atoms with E-state index in [1.165, 1.54) is 38.5 Å². The molecule has 0 radical (unpaired) electrons. The van der Waals surface area contributed by atoms with E-state index in [2.05, 4.69) is 6.92 Å². The number of hydroxylamine groups is 4. The molecule has 5 heteroatoms. The second-order valence-corrected chi connectivity index (χ2v) is 9.28. The number of carbonyl (C=O) groups is 1. The molecule has 0 bridgehead atoms. The minimum absolute atomic E-state index is 0.298. The van der Waals surface area contributed by atoms with Crippen molar-refractivity contribution in [3.05, 3.63) is 5.21 Å². The highest BCUT2D eigenvalue weighted by atomic mass is 16.9. The molecule has 0 amide bonds. The summed E-state index contributed by atoms with van der Waals surface area (Å²) in [6.45, 7) is 9.32. The van der Waals surface area contributed by atoms with Crippen molar-refractivity contribution in [2.75, 3.05) is 0 Å². The van der Waals surface area contributed by atoms with Gasteiger partial charge in [-0.05, 0) is 34.1 Å². The fourth-order valence-electron chi connectivity index (χ4n) is 4.30. The van der Waals surface area contributed by atoms with Gasteiger partial charge in [-0.3, -0.25) is 4.84 Å². The monoisotopic (exact) mass is 371 g/mol. The summed E-state index contributed by atoms with van der Waals surface area (Å²) in [5.74, 6) is -0.416. The number of hydrogen-bond acceptors (Lipinski definition) is 4. The summed E-state index contributed by atoms with van der Waals surface area (Å²) >= 11 is 0. The lowest BCUT2D eigenvalue weighted by Gasteiger charge is -2.61. The zero-order valence-electron chi connectivity index (χ0n) is 17.7. The Morgan fingerprint density at radius 1 is 0.962 bits per heavy atom. The number of aliphatic hydroxyl groups excluding tert-OH is 1. The first kappa shape index (κ1) is 23.4. The van der Waals surface area contributed by atoms with E-state index in [0.29, 0.717) is 19.3 Å². The van der Waals surface area contributed by atoms with Crippen LogP contribution in [0.25, 0.3) is 0 Å². The molecule has 1 heterocycles. The number of unbranched alkanes of at least 4 members (excludes halogenated alkanes) is 8. The molecule has 0 atom stereocenters. The van der Waals surface area contributed by atoms with Crippen LogP contribution < -0.4 is 0 Å². The molecule has 0 aromatic heterocycles. The average molecular weight is 372 g/mol. The molecule has 1 fully saturated rings. The molecule has 0 unspecified atom stereocenters. The van der Waals surface area contributed by atoms with E-state index in [1.807, 2.05) is 0 Å². The van der Waals surface area contributed by atoms with Crippen molar-refractivity contribution in [1.82, 2.24) is 0 Å². The highest BCUT2D eigenvalue weighted by Crippen LogP contribution is 2.45. The Balaban J connectivity index is 2.35. The molecule has 0 saturated carbocycles. The third kappa shape index (κ3) is 6.21. The maximum Gasteiger partial charge on any atom is 0.367 e. The molecule has 0 aliphatic carbocycles. The van der Waals surface area contributed by atoms with Gasteiger partial charge >= 0.3 is 5.97 Å². The van der Waals surface area contributed by atoms with Gasteiger partial charge in [-0.15, -0.1) is 0 Å². The van der Waals surface area contributed by atoms with Crippen molar-refractivity contribution >= 4 is 5.97 Å². The third-order valence-corrected chi connectivity index (χ3v) is 5.78. The standard InChI is InChI=1S/C21H41NO4/c1-6-7-8-9-10-11-12-13-14-15-19(24)26-22(25)20(2,3)16-18(23)17-21(22,4)5/h18,23H,6-17H2,1-5H3. The maximum absolute atomic E-state index is 13.4. The van der Waals surface area contributed by atoms with E-state index in [9.17, 15) is 15.1 Å². The first-order valence-electron chi connectivity index (χ1n) is 10.6. The highest BCUT2D eigenvalue weighted by Gasteiger charge is 2.57. The van der Waals surface area contributed by atoms with E-state index in [0.717, 1.165) is 19.3 Å². The van der Waals surface area contributed by atoms with Gasteiger partial charge in [0.25, 0.3) is 0 Å². The number of hydrogen-bond donors (Lipinski definition) is 1. The molecule has 26 heavy (non-hydrogen) atoms. The van der Waals surface area contributed by atoms with Crippen LogP contribution in [-0.4, -0.2) is 33.1 Å². The van der Waals surface area contributed by atoms with Gasteiger partial charge in [0.15, 0.2) is 0 Å². The molecule has 1 saturated heterocycles. The van der Waals surface area contributed by atoms with Crippen LogP contribution in [0, 0.1) is 5.21 Å². The third-order valence-electron chi connectivity index (χ3n) is 5.78. The van der Waals surface area contributed by atoms with Gasteiger partial charge in [0.05, 0.1) is 12.5 Å². The number of quaternary nitrogens is 1. The van der Waals surface area contributed by atoms with Gasteiger partial charge in [-0.1, -0.05) is 58.3 Å². The molecular formula is C21H41NO4. The van der Waals surface area contributed by atoms with Crippen LogP contribution in [0.1, 0.15) is 112 Å². The van der Waals surface area contributed by atoms with E-state index in [1.54, 1.807) is 27.7 Å². The number of nitrogens with zero attached hydrogens (tertiary/aromatic N) is 1. The van der Waals surface area contributed by atoms with Gasteiger partial charge < -0.3 is 10.3 Å². The van der Waals surface area contributed by atoms with Crippen LogP contribution in [-0.2, 0) is 9.63 Å². The van der Waals surface area contributed by atoms with Crippen LogP contribution >= 0.6 is 0 Å². The SMILES string of the molecule is CCCCCCCCCCCC(=O)O[N+]1([O-])C(C)(C)CC(O)CC1(C)C. The predicted octanol–water partition coefficient (Wildman–Crippen LogP) is 5.39. The lowest BCUT2D eigenvalue weighted by atomic mass is 9.79. The molecule has 0 aromatic carbocycles. The van der Waals surface area contributed by atoms with Crippen LogP contribution in [0.5, 0.6) is 0 Å². The predicted molar refractivity (Wildman–Crippen MR) is 105 cm³/mol. The fraction of sp³-hybridized carbons (Fsp3) is 0.952. The summed E-state index contributed by atoms with van der Waals surface area (Å²) in [6.07, 6.45) is 11.1. The zero-order valence-corrected chi connectivity index (χ0v) is 17.7. The molecule has 154 valence electrons. The van der Waals surface area contributed by atoms with E-state index in [4.69, 9.17) is 4.84 Å². The van der Waals surface area contributed by atoms with E-state index >= 15 is 0 Å². The lowest BCUT2D eigenvalue weighted by Crippen LogP contribution is -2.72. The number of aliphatic hydroxyl groups is 1. The first-order valence-corrected chi connectivity index (χ1v) is 10.6. The van der Waals surface area contributed by atoms with Crippen molar-refractivity contribution in [3.63, 3.8) is 0 Å². The van der Waals surface area contributed by atoms with Crippen molar-refractivity contribution in [2.45, 2.75) is 129 Å². The minimum atomic E-state index is -1.01. The lowest BCUT2D eigenvalue weighted by molar-refractivity contribution is -1.13. The second-order valence-electron chi connectivity index (χ2n) is 9.28. The molecule has 1 aliphatic rings. The van der Waals surface area contributed by atoms with Crippen LogP contribution in [0.15, 0.2) is 0 Å². The number of rotatable bonds is 11. The van der Waals surface area contributed by atoms with Crippen LogP contribution in [0.4, 0.5) is 0 Å². The summed E-state index contributed by atoms with van der Waals surface area (Å²) < 4.78 is 0. The van der Waals surface area contributed by atoms with E-state index < -0.39 is 28.0 Å². The maximum atomic E-state index is 13.4. The van der Waals surface area contributed by atoms with Gasteiger partial charge in [-0.25, -0.2) is 4.79 Å². The summed E-state index contributed by atoms with van der Waals surface area (Å²) in [7, 11) is 0. The Morgan fingerprint density at radius 2 is 1.38 bits per heavy atom. The normalized spacial score (nSPS) is 27.3. The van der Waals surface area contributed by atoms with Gasteiger partial charge in [-0.2, -0.15) is 4.81 Å². The van der Waals surface area contributed by atoms with Crippen molar-refractivity contribution in [2.24, 2.45) is 0 Å². The summed E-state index contributed by atoms with van der Waals surface area (Å²) in [6, 6.07) is 0. The van der Waals surface area contributed by atoms with Crippen LogP contribution in [0.2, 0.25) is 0 Å². The van der Waals surface area contributed by atoms with Crippen molar-refractivity contribution < 1.29 is 19.5 Å². The fourth-order valence-corrected chi connectivity index (χ4v) is 4.30. The summed E-state index contributed by atoms with van der Waals surface area (Å²) in [5.41, 5.74) is -1.70. The molecule has 1 aliphatic heterocycles. The topological polar surface area (TPSA) is 69.6 Å². The quantitative estimate of drug-likeness (QED) is 0.300. The van der Waals surface area contributed by atoms with Gasteiger partial charge in [0, 0.05) is 12.8 Å². The Hall–Kier alpha value is -0.650.